The maximum absolute atomic E-state index is 5.73. The van der Waals surface area contributed by atoms with Crippen LogP contribution in [0.1, 0.15) is 56.9 Å². The maximum atomic E-state index is 5.73. The smallest absolute Gasteiger partial charge is 0.119 e. The van der Waals surface area contributed by atoms with Gasteiger partial charge in [0, 0.05) is 5.33 Å². The molecule has 0 spiro atoms. The zero-order chi connectivity index (χ0) is 14.5. The molecule has 2 heteroatoms. The van der Waals surface area contributed by atoms with Crippen molar-refractivity contribution in [1.82, 2.24) is 0 Å². The van der Waals surface area contributed by atoms with Crippen molar-refractivity contribution in [2.75, 3.05) is 11.9 Å². The number of halogens is 1. The van der Waals surface area contributed by atoms with Crippen molar-refractivity contribution in [3.8, 4) is 5.75 Å². The van der Waals surface area contributed by atoms with Crippen molar-refractivity contribution in [1.29, 1.82) is 0 Å². The van der Waals surface area contributed by atoms with E-state index < -0.39 is 0 Å². The van der Waals surface area contributed by atoms with Gasteiger partial charge < -0.3 is 4.74 Å². The molecule has 1 aromatic rings. The van der Waals surface area contributed by atoms with Crippen LogP contribution in [-0.4, -0.2) is 11.9 Å². The minimum atomic E-state index is 0.830. The molecule has 0 amide bonds. The number of alkyl halides is 1. The minimum absolute atomic E-state index is 0.830. The molecule has 0 aliphatic carbocycles. The average molecular weight is 339 g/mol. The molecule has 1 rings (SSSR count). The van der Waals surface area contributed by atoms with E-state index in [4.69, 9.17) is 4.74 Å². The topological polar surface area (TPSA) is 9.23 Å². The summed E-state index contributed by atoms with van der Waals surface area (Å²) >= 11 is 3.47. The van der Waals surface area contributed by atoms with Crippen LogP contribution in [0.2, 0.25) is 0 Å². The molecule has 0 radical (unpaired) electrons. The van der Waals surface area contributed by atoms with Crippen molar-refractivity contribution in [3.05, 3.63) is 36.4 Å². The summed E-state index contributed by atoms with van der Waals surface area (Å²) in [5.41, 5.74) is 1.14. The highest BCUT2D eigenvalue weighted by Gasteiger charge is 1.95. The Balaban J connectivity index is 1.92. The Morgan fingerprint density at radius 2 is 1.40 bits per heavy atom. The SMILES string of the molecule is C=Cc1ccc(OCCCCCCCCCCBr)cc1. The van der Waals surface area contributed by atoms with Crippen LogP contribution in [0.5, 0.6) is 5.75 Å². The molecular weight excluding hydrogens is 312 g/mol. The lowest BCUT2D eigenvalue weighted by Crippen LogP contribution is -1.97. The summed E-state index contributed by atoms with van der Waals surface area (Å²) in [4.78, 5) is 0. The number of hydrogen-bond acceptors (Lipinski definition) is 1. The van der Waals surface area contributed by atoms with Crippen LogP contribution < -0.4 is 4.74 Å². The van der Waals surface area contributed by atoms with Crippen LogP contribution in [0.4, 0.5) is 0 Å². The zero-order valence-corrected chi connectivity index (χ0v) is 14.0. The van der Waals surface area contributed by atoms with Crippen LogP contribution >= 0.6 is 15.9 Å². The summed E-state index contributed by atoms with van der Waals surface area (Å²) < 4.78 is 5.73. The predicted octanol–water partition coefficient (Wildman–Crippen LogP) is 6.22. The molecule has 112 valence electrons. The van der Waals surface area contributed by atoms with E-state index in [0.29, 0.717) is 0 Å². The van der Waals surface area contributed by atoms with E-state index in [1.807, 2.05) is 30.3 Å². The number of ether oxygens (including phenoxy) is 1. The van der Waals surface area contributed by atoms with Gasteiger partial charge in [-0.05, 0) is 30.5 Å². The lowest BCUT2D eigenvalue weighted by atomic mass is 10.1. The minimum Gasteiger partial charge on any atom is -0.494 e. The van der Waals surface area contributed by atoms with Gasteiger partial charge in [0.15, 0.2) is 0 Å². The largest absolute Gasteiger partial charge is 0.494 e. The Bertz CT molecular complexity index is 345. The standard InChI is InChI=1S/C18H27BrO/c1-2-17-11-13-18(14-12-17)20-16-10-8-6-4-3-5-7-9-15-19/h2,11-14H,1,3-10,15-16H2. The second kappa shape index (κ2) is 12.0. The summed E-state index contributed by atoms with van der Waals surface area (Å²) in [7, 11) is 0. The van der Waals surface area contributed by atoms with E-state index in [1.165, 1.54) is 44.9 Å². The van der Waals surface area contributed by atoms with Gasteiger partial charge in [0.25, 0.3) is 0 Å². The molecular formula is C18H27BrO. The second-order valence-corrected chi connectivity index (χ2v) is 5.93. The van der Waals surface area contributed by atoms with E-state index in [1.54, 1.807) is 0 Å². The monoisotopic (exact) mass is 338 g/mol. The van der Waals surface area contributed by atoms with E-state index in [0.717, 1.165) is 29.7 Å². The van der Waals surface area contributed by atoms with Gasteiger partial charge >= 0.3 is 0 Å². The van der Waals surface area contributed by atoms with Crippen LogP contribution in [0, 0.1) is 0 Å². The molecule has 0 unspecified atom stereocenters. The molecule has 0 atom stereocenters. The Labute approximate surface area is 132 Å². The summed E-state index contributed by atoms with van der Waals surface area (Å²) in [5, 5.41) is 1.15. The molecule has 0 aromatic heterocycles. The fraction of sp³-hybridized carbons (Fsp3) is 0.556. The molecule has 1 nitrogen and oxygen atoms in total. The highest BCUT2D eigenvalue weighted by atomic mass is 79.9. The highest BCUT2D eigenvalue weighted by molar-refractivity contribution is 9.09. The third-order valence-electron chi connectivity index (χ3n) is 3.41. The molecule has 1 aromatic carbocycles. The zero-order valence-electron chi connectivity index (χ0n) is 12.5. The van der Waals surface area contributed by atoms with Crippen LogP contribution in [0.3, 0.4) is 0 Å². The third kappa shape index (κ3) is 8.42. The van der Waals surface area contributed by atoms with Gasteiger partial charge in [0.1, 0.15) is 5.75 Å². The lowest BCUT2D eigenvalue weighted by Gasteiger charge is -2.06. The Kier molecular flexibility index (Phi) is 10.4. The van der Waals surface area contributed by atoms with Crippen molar-refractivity contribution in [2.24, 2.45) is 0 Å². The van der Waals surface area contributed by atoms with Crippen LogP contribution in [0.25, 0.3) is 6.08 Å². The van der Waals surface area contributed by atoms with Gasteiger partial charge in [0.2, 0.25) is 0 Å². The van der Waals surface area contributed by atoms with Crippen molar-refractivity contribution >= 4 is 22.0 Å². The molecule has 0 aliphatic rings. The fourth-order valence-electron chi connectivity index (χ4n) is 2.15. The number of rotatable bonds is 12. The molecule has 0 N–H and O–H groups in total. The molecule has 0 saturated carbocycles. The number of benzene rings is 1. The van der Waals surface area contributed by atoms with Crippen LogP contribution in [0.15, 0.2) is 30.8 Å². The van der Waals surface area contributed by atoms with E-state index in [-0.39, 0.29) is 0 Å². The summed E-state index contributed by atoms with van der Waals surface area (Å²) in [6, 6.07) is 8.10. The molecule has 0 bridgehead atoms. The maximum Gasteiger partial charge on any atom is 0.119 e. The number of hydrogen-bond donors (Lipinski definition) is 0. The average Bonchev–Trinajstić information content (AvgIpc) is 2.50. The third-order valence-corrected chi connectivity index (χ3v) is 3.97. The first-order chi connectivity index (χ1) is 9.86. The van der Waals surface area contributed by atoms with Gasteiger partial charge in [-0.15, -0.1) is 0 Å². The van der Waals surface area contributed by atoms with Gasteiger partial charge in [0.05, 0.1) is 6.61 Å². The van der Waals surface area contributed by atoms with Gasteiger partial charge in [-0.3, -0.25) is 0 Å². The van der Waals surface area contributed by atoms with E-state index in [2.05, 4.69) is 22.5 Å². The van der Waals surface area contributed by atoms with Gasteiger partial charge in [-0.2, -0.15) is 0 Å². The van der Waals surface area contributed by atoms with Gasteiger partial charge in [-0.1, -0.05) is 79.2 Å². The predicted molar refractivity (Wildman–Crippen MR) is 92.8 cm³/mol. The fourth-order valence-corrected chi connectivity index (χ4v) is 2.54. The molecule has 20 heavy (non-hydrogen) atoms. The highest BCUT2D eigenvalue weighted by Crippen LogP contribution is 2.14. The van der Waals surface area contributed by atoms with E-state index >= 15 is 0 Å². The second-order valence-electron chi connectivity index (χ2n) is 5.14. The Hall–Kier alpha value is -0.760. The first-order valence-corrected chi connectivity index (χ1v) is 8.90. The molecule has 0 aliphatic heterocycles. The lowest BCUT2D eigenvalue weighted by molar-refractivity contribution is 0.304. The summed E-state index contributed by atoms with van der Waals surface area (Å²) in [6.07, 6.45) is 12.5. The van der Waals surface area contributed by atoms with Crippen LogP contribution in [-0.2, 0) is 0 Å². The van der Waals surface area contributed by atoms with Crippen molar-refractivity contribution < 1.29 is 4.74 Å². The van der Waals surface area contributed by atoms with Gasteiger partial charge in [-0.25, -0.2) is 0 Å². The van der Waals surface area contributed by atoms with Crippen molar-refractivity contribution in [3.63, 3.8) is 0 Å². The van der Waals surface area contributed by atoms with E-state index in [9.17, 15) is 0 Å². The quantitative estimate of drug-likeness (QED) is 0.324. The molecule has 0 saturated heterocycles. The Morgan fingerprint density at radius 1 is 0.850 bits per heavy atom. The van der Waals surface area contributed by atoms with Crippen molar-refractivity contribution in [2.45, 2.75) is 51.4 Å². The summed E-state index contributed by atoms with van der Waals surface area (Å²) in [5.74, 6) is 0.963. The molecule has 0 heterocycles. The molecule has 0 fully saturated rings. The number of unbranched alkanes of at least 4 members (excludes halogenated alkanes) is 7. The normalized spacial score (nSPS) is 10.4. The Morgan fingerprint density at radius 3 is 1.95 bits per heavy atom. The first-order valence-electron chi connectivity index (χ1n) is 7.78. The summed E-state index contributed by atoms with van der Waals surface area (Å²) in [6.45, 7) is 4.58. The first kappa shape index (κ1) is 17.3.